The number of anilines is 1. The molecule has 0 aliphatic carbocycles. The van der Waals surface area contributed by atoms with Crippen LogP contribution in [0, 0.1) is 0 Å². The summed E-state index contributed by atoms with van der Waals surface area (Å²) in [5.41, 5.74) is 2.58. The van der Waals surface area contributed by atoms with Crippen molar-refractivity contribution in [2.24, 2.45) is 0 Å². The highest BCUT2D eigenvalue weighted by molar-refractivity contribution is 9.10. The zero-order valence-corrected chi connectivity index (χ0v) is 25.7. The van der Waals surface area contributed by atoms with Crippen LogP contribution in [0.1, 0.15) is 41.2 Å². The molecule has 1 N–H and O–H groups in total. The molecule has 5 aromatic rings. The van der Waals surface area contributed by atoms with Gasteiger partial charge in [0.25, 0.3) is 0 Å². The van der Waals surface area contributed by atoms with Crippen LogP contribution in [-0.4, -0.2) is 83.2 Å². The van der Waals surface area contributed by atoms with E-state index in [1.807, 2.05) is 0 Å². The van der Waals surface area contributed by atoms with E-state index in [4.69, 9.17) is 4.74 Å². The third kappa shape index (κ3) is 6.02. The molecule has 0 unspecified atom stereocenters. The maximum absolute atomic E-state index is 14.5. The lowest BCUT2D eigenvalue weighted by Crippen LogP contribution is -2.44. The number of likely N-dealkylation sites (tertiary alicyclic amines) is 1. The number of alkyl halides is 1. The van der Waals surface area contributed by atoms with E-state index < -0.39 is 30.0 Å². The van der Waals surface area contributed by atoms with Gasteiger partial charge in [0, 0.05) is 42.8 Å². The number of benzene rings is 1. The molecule has 13 nitrogen and oxygen atoms in total. The zero-order valence-electron chi connectivity index (χ0n) is 24.1. The van der Waals surface area contributed by atoms with Crippen molar-refractivity contribution in [2.45, 2.75) is 39.0 Å². The van der Waals surface area contributed by atoms with E-state index in [-0.39, 0.29) is 49.1 Å². The average Bonchev–Trinajstić information content (AvgIpc) is 3.72. The Morgan fingerprint density at radius 2 is 1.93 bits per heavy atom. The van der Waals surface area contributed by atoms with E-state index in [9.17, 15) is 23.6 Å². The van der Waals surface area contributed by atoms with Crippen LogP contribution in [0.2, 0.25) is 0 Å². The lowest BCUT2D eigenvalue weighted by Gasteiger charge is -2.23. The SMILES string of the molecule is CCOC(=O)c1cc2ncc(-c3ccc4c(c3)c(C(C)=O)nn4CC(=O)N3C[C@H](F)C[C@H]3C(=O)Nc3cccc(Br)n3)cn2n1. The Hall–Kier alpha value is -5.05. The second kappa shape index (κ2) is 12.1. The van der Waals surface area contributed by atoms with Crippen LogP contribution in [0.4, 0.5) is 10.2 Å². The summed E-state index contributed by atoms with van der Waals surface area (Å²) in [6, 6.07) is 10.7. The number of fused-ring (bicyclic) bond motifs is 2. The van der Waals surface area contributed by atoms with Crippen LogP contribution < -0.4 is 5.32 Å². The smallest absolute Gasteiger partial charge is 0.358 e. The molecule has 0 radical (unpaired) electrons. The van der Waals surface area contributed by atoms with Gasteiger partial charge in [-0.05, 0) is 52.7 Å². The summed E-state index contributed by atoms with van der Waals surface area (Å²) in [5.74, 6) is -1.67. The highest BCUT2D eigenvalue weighted by Crippen LogP contribution is 2.28. The summed E-state index contributed by atoms with van der Waals surface area (Å²) in [4.78, 5) is 60.9. The van der Waals surface area contributed by atoms with Crippen molar-refractivity contribution in [3.63, 3.8) is 0 Å². The lowest BCUT2D eigenvalue weighted by atomic mass is 10.0. The van der Waals surface area contributed by atoms with E-state index in [0.717, 1.165) is 0 Å². The minimum Gasteiger partial charge on any atom is -0.461 e. The molecule has 6 rings (SSSR count). The maximum atomic E-state index is 14.5. The Morgan fingerprint density at radius 1 is 1.11 bits per heavy atom. The molecule has 1 aliphatic heterocycles. The standard InChI is InChI=1S/C30H26BrFN8O5/c1-3-45-30(44)21-11-26-33-12-18(13-40(26)36-21)17-7-8-22-20(9-17)28(16(2)41)37-39(22)15-27(42)38-14-19(32)10-23(38)29(43)35-25-6-4-5-24(31)34-25/h4-9,11-13,19,23H,3,10,14-15H2,1-2H3,(H,34,35,43)/t19-,23+/m1/s1. The van der Waals surface area contributed by atoms with Crippen LogP contribution in [0.15, 0.2) is 59.5 Å². The van der Waals surface area contributed by atoms with E-state index >= 15 is 0 Å². The molecule has 2 amide bonds. The topological polar surface area (TPSA) is 154 Å². The van der Waals surface area contributed by atoms with Gasteiger partial charge in [-0.3, -0.25) is 19.1 Å². The van der Waals surface area contributed by atoms with Gasteiger partial charge in [-0.25, -0.2) is 23.7 Å². The Kier molecular flexibility index (Phi) is 8.10. The number of aromatic nitrogens is 6. The van der Waals surface area contributed by atoms with Gasteiger partial charge in [-0.15, -0.1) is 0 Å². The number of Topliss-reactive ketones (excluding diaryl/α,β-unsaturated/α-hetero) is 1. The molecule has 230 valence electrons. The van der Waals surface area contributed by atoms with Crippen molar-refractivity contribution in [1.82, 2.24) is 34.3 Å². The number of esters is 1. The van der Waals surface area contributed by atoms with Crippen molar-refractivity contribution < 1.29 is 28.3 Å². The number of nitrogens with one attached hydrogen (secondary N) is 1. The van der Waals surface area contributed by atoms with Gasteiger partial charge in [-0.2, -0.15) is 10.2 Å². The van der Waals surface area contributed by atoms with Gasteiger partial charge < -0.3 is 15.0 Å². The number of hydrogen-bond acceptors (Lipinski definition) is 9. The second-order valence-electron chi connectivity index (χ2n) is 10.4. The number of ether oxygens (including phenoxy) is 1. The van der Waals surface area contributed by atoms with Gasteiger partial charge in [-0.1, -0.05) is 12.1 Å². The summed E-state index contributed by atoms with van der Waals surface area (Å²) in [7, 11) is 0. The van der Waals surface area contributed by atoms with Crippen molar-refractivity contribution >= 4 is 61.9 Å². The molecule has 15 heteroatoms. The van der Waals surface area contributed by atoms with Crippen molar-refractivity contribution in [1.29, 1.82) is 0 Å². The maximum Gasteiger partial charge on any atom is 0.358 e. The zero-order chi connectivity index (χ0) is 31.8. The molecule has 0 spiro atoms. The van der Waals surface area contributed by atoms with Crippen molar-refractivity contribution in [3.8, 4) is 11.1 Å². The monoisotopic (exact) mass is 676 g/mol. The van der Waals surface area contributed by atoms with Crippen LogP contribution in [-0.2, 0) is 20.9 Å². The summed E-state index contributed by atoms with van der Waals surface area (Å²) in [6.07, 6.45) is 1.79. The number of rotatable bonds is 8. The normalized spacial score (nSPS) is 16.3. The average molecular weight is 677 g/mol. The molecular formula is C30H26BrFN8O5. The van der Waals surface area contributed by atoms with Crippen LogP contribution in [0.5, 0.6) is 0 Å². The summed E-state index contributed by atoms with van der Waals surface area (Å²) in [5, 5.41) is 11.8. The highest BCUT2D eigenvalue weighted by atomic mass is 79.9. The molecule has 0 bridgehead atoms. The van der Waals surface area contributed by atoms with Crippen LogP contribution in [0.25, 0.3) is 27.7 Å². The molecular weight excluding hydrogens is 651 g/mol. The number of carbonyl (C=O) groups excluding carboxylic acids is 4. The third-order valence-electron chi connectivity index (χ3n) is 7.34. The van der Waals surface area contributed by atoms with E-state index in [2.05, 4.69) is 41.4 Å². The number of halogens is 2. The molecule has 1 saturated heterocycles. The Bertz CT molecular complexity index is 1990. The lowest BCUT2D eigenvalue weighted by molar-refractivity contribution is -0.137. The largest absolute Gasteiger partial charge is 0.461 e. The molecule has 2 atom stereocenters. The van der Waals surface area contributed by atoms with E-state index in [1.165, 1.54) is 27.1 Å². The van der Waals surface area contributed by atoms with Gasteiger partial charge >= 0.3 is 5.97 Å². The third-order valence-corrected chi connectivity index (χ3v) is 7.78. The van der Waals surface area contributed by atoms with Crippen LogP contribution >= 0.6 is 15.9 Å². The number of carbonyl (C=O) groups is 4. The fraction of sp³-hybridized carbons (Fsp3) is 0.267. The summed E-state index contributed by atoms with van der Waals surface area (Å²) < 4.78 is 22.9. The van der Waals surface area contributed by atoms with Crippen molar-refractivity contribution in [2.75, 3.05) is 18.5 Å². The Balaban J connectivity index is 1.26. The first-order valence-electron chi connectivity index (χ1n) is 14.0. The minimum absolute atomic E-state index is 0.128. The van der Waals surface area contributed by atoms with E-state index in [0.29, 0.717) is 32.3 Å². The highest BCUT2D eigenvalue weighted by Gasteiger charge is 2.40. The fourth-order valence-electron chi connectivity index (χ4n) is 5.29. The molecule has 1 aliphatic rings. The number of amides is 2. The molecule has 5 heterocycles. The first-order valence-corrected chi connectivity index (χ1v) is 14.8. The number of nitrogens with zero attached hydrogens (tertiary/aromatic N) is 7. The fourth-order valence-corrected chi connectivity index (χ4v) is 5.63. The predicted molar refractivity (Wildman–Crippen MR) is 163 cm³/mol. The predicted octanol–water partition coefficient (Wildman–Crippen LogP) is 3.86. The summed E-state index contributed by atoms with van der Waals surface area (Å²) >= 11 is 3.24. The Labute approximate surface area is 263 Å². The van der Waals surface area contributed by atoms with Gasteiger partial charge in [0.15, 0.2) is 17.1 Å². The second-order valence-corrected chi connectivity index (χ2v) is 11.2. The number of pyridine rings is 1. The molecule has 45 heavy (non-hydrogen) atoms. The number of ketones is 1. The number of hydrogen-bond donors (Lipinski definition) is 1. The van der Waals surface area contributed by atoms with Gasteiger partial charge in [0.05, 0.1) is 18.7 Å². The first-order chi connectivity index (χ1) is 21.6. The molecule has 1 fully saturated rings. The first kappa shape index (κ1) is 30.0. The van der Waals surface area contributed by atoms with Crippen molar-refractivity contribution in [3.05, 3.63) is 70.8 Å². The van der Waals surface area contributed by atoms with Crippen LogP contribution in [0.3, 0.4) is 0 Å². The van der Waals surface area contributed by atoms with E-state index in [1.54, 1.807) is 55.7 Å². The summed E-state index contributed by atoms with van der Waals surface area (Å²) in [6.45, 7) is 2.74. The Morgan fingerprint density at radius 3 is 2.69 bits per heavy atom. The van der Waals surface area contributed by atoms with Gasteiger partial charge in [0.1, 0.15) is 34.9 Å². The quantitative estimate of drug-likeness (QED) is 0.147. The van der Waals surface area contributed by atoms with Gasteiger partial charge in [0.2, 0.25) is 11.8 Å². The molecule has 1 aromatic carbocycles. The molecule has 0 saturated carbocycles. The molecule has 4 aromatic heterocycles. The minimum atomic E-state index is -1.38.